The second-order valence-corrected chi connectivity index (χ2v) is 8.74. The lowest BCUT2D eigenvalue weighted by Gasteiger charge is -2.27. The number of benzene rings is 4. The van der Waals surface area contributed by atoms with E-state index < -0.39 is 5.91 Å². The van der Waals surface area contributed by atoms with Crippen LogP contribution in [0.1, 0.15) is 30.9 Å². The van der Waals surface area contributed by atoms with Crippen LogP contribution in [0.4, 0.5) is 11.4 Å². The minimum Gasteiger partial charge on any atom is -0.508 e. The molecule has 0 radical (unpaired) electrons. The molecule has 0 saturated heterocycles. The second-order valence-electron chi connectivity index (χ2n) is 8.34. The number of aldehydes is 1. The molecule has 0 aliphatic heterocycles. The van der Waals surface area contributed by atoms with Crippen molar-refractivity contribution < 1.29 is 14.7 Å². The van der Waals surface area contributed by atoms with E-state index in [0.717, 1.165) is 27.5 Å². The Labute approximate surface area is 198 Å². The Bertz CT molecular complexity index is 1380. The lowest BCUT2D eigenvalue weighted by molar-refractivity contribution is -0.129. The molecule has 0 saturated carbocycles. The van der Waals surface area contributed by atoms with Crippen molar-refractivity contribution in [3.05, 3.63) is 88.9 Å². The monoisotopic (exact) mass is 457 g/mol. The van der Waals surface area contributed by atoms with Gasteiger partial charge in [0, 0.05) is 10.6 Å². The molecule has 0 bridgehead atoms. The molecule has 0 aliphatic carbocycles. The molecule has 1 N–H and O–H groups in total. The fourth-order valence-corrected chi connectivity index (χ4v) is 4.47. The number of carbonyl (C=O) groups excluding carboxylic acids is 2. The van der Waals surface area contributed by atoms with Gasteiger partial charge >= 0.3 is 0 Å². The Morgan fingerprint density at radius 1 is 0.970 bits per heavy atom. The van der Waals surface area contributed by atoms with Gasteiger partial charge in [-0.3, -0.25) is 14.5 Å². The molecule has 4 aromatic carbocycles. The maximum atomic E-state index is 12.9. The summed E-state index contributed by atoms with van der Waals surface area (Å²) in [6.45, 7) is 6.02. The number of hydrogen-bond acceptors (Lipinski definition) is 3. The van der Waals surface area contributed by atoms with Gasteiger partial charge in [0.05, 0.1) is 11.4 Å². The normalized spacial score (nSPS) is 11.1. The first-order valence-corrected chi connectivity index (χ1v) is 11.1. The maximum Gasteiger partial charge on any atom is 0.295 e. The Kier molecular flexibility index (Phi) is 6.21. The Hall–Kier alpha value is -3.63. The van der Waals surface area contributed by atoms with Gasteiger partial charge in [-0.1, -0.05) is 67.9 Å². The zero-order valence-corrected chi connectivity index (χ0v) is 19.4. The first-order chi connectivity index (χ1) is 15.8. The zero-order chi connectivity index (χ0) is 23.7. The van der Waals surface area contributed by atoms with Gasteiger partial charge in [-0.25, -0.2) is 0 Å². The van der Waals surface area contributed by atoms with E-state index in [1.165, 1.54) is 4.90 Å². The number of phenolic OH excluding ortho intramolecular Hbond substituents is 1. The summed E-state index contributed by atoms with van der Waals surface area (Å²) in [5.41, 5.74) is 4.46. The molecule has 0 atom stereocenters. The molecule has 4 nitrogen and oxygen atoms in total. The SMILES string of the molecule is Cc1cccc(C(C)C)c1N(C(=O)C=O)c1ccc(Cl)c(-c2cc(O)cc3ccccc23)c1. The van der Waals surface area contributed by atoms with Crippen molar-refractivity contribution in [1.82, 2.24) is 0 Å². The van der Waals surface area contributed by atoms with Crippen molar-refractivity contribution in [3.63, 3.8) is 0 Å². The zero-order valence-electron chi connectivity index (χ0n) is 18.7. The molecule has 0 spiro atoms. The number of carbonyl (C=O) groups is 2. The minimum atomic E-state index is -0.666. The van der Waals surface area contributed by atoms with Crippen LogP contribution in [0.3, 0.4) is 0 Å². The smallest absolute Gasteiger partial charge is 0.295 e. The number of nitrogens with zero attached hydrogens (tertiary/aromatic N) is 1. The topological polar surface area (TPSA) is 57.6 Å². The van der Waals surface area contributed by atoms with Crippen molar-refractivity contribution in [2.24, 2.45) is 0 Å². The van der Waals surface area contributed by atoms with Gasteiger partial charge in [-0.15, -0.1) is 0 Å². The van der Waals surface area contributed by atoms with Gasteiger partial charge in [0.25, 0.3) is 5.91 Å². The Balaban J connectivity index is 1.99. The number of aromatic hydroxyl groups is 1. The number of phenols is 1. The molecule has 0 fully saturated rings. The summed E-state index contributed by atoms with van der Waals surface area (Å²) in [6.07, 6.45) is 0.328. The molecule has 0 aliphatic rings. The quantitative estimate of drug-likeness (QED) is 0.255. The molecule has 4 rings (SSSR count). The highest BCUT2D eigenvalue weighted by Gasteiger charge is 2.24. The van der Waals surface area contributed by atoms with Gasteiger partial charge in [-0.05, 0) is 70.6 Å². The number of halogens is 1. The largest absolute Gasteiger partial charge is 0.508 e. The number of para-hydroxylation sites is 1. The van der Waals surface area contributed by atoms with Crippen LogP contribution >= 0.6 is 11.6 Å². The number of fused-ring (bicyclic) bond motifs is 1. The first kappa shape index (κ1) is 22.6. The fraction of sp³-hybridized carbons (Fsp3) is 0.143. The molecule has 0 aromatic heterocycles. The van der Waals surface area contributed by atoms with Crippen molar-refractivity contribution in [2.45, 2.75) is 26.7 Å². The van der Waals surface area contributed by atoms with Gasteiger partial charge < -0.3 is 5.11 Å². The molecule has 166 valence electrons. The third kappa shape index (κ3) is 4.22. The average molecular weight is 458 g/mol. The van der Waals surface area contributed by atoms with E-state index in [4.69, 9.17) is 11.6 Å². The minimum absolute atomic E-state index is 0.118. The number of hydrogen-bond donors (Lipinski definition) is 1. The highest BCUT2D eigenvalue weighted by Crippen LogP contribution is 2.41. The molecule has 33 heavy (non-hydrogen) atoms. The third-order valence-electron chi connectivity index (χ3n) is 5.78. The van der Waals surface area contributed by atoms with Crippen LogP contribution in [0.25, 0.3) is 21.9 Å². The van der Waals surface area contributed by atoms with Gasteiger partial charge in [0.1, 0.15) is 5.75 Å². The fourth-order valence-electron chi connectivity index (χ4n) is 4.25. The van der Waals surface area contributed by atoms with E-state index in [9.17, 15) is 14.7 Å². The molecular formula is C28H24ClNO3. The summed E-state index contributed by atoms with van der Waals surface area (Å²) in [7, 11) is 0. The number of aryl methyl sites for hydroxylation is 1. The van der Waals surface area contributed by atoms with Gasteiger partial charge in [0.15, 0.2) is 0 Å². The van der Waals surface area contributed by atoms with E-state index in [-0.39, 0.29) is 11.7 Å². The molecule has 0 unspecified atom stereocenters. The lowest BCUT2D eigenvalue weighted by atomic mass is 9.95. The van der Waals surface area contributed by atoms with Gasteiger partial charge in [-0.2, -0.15) is 0 Å². The van der Waals surface area contributed by atoms with E-state index in [1.807, 2.05) is 63.2 Å². The summed E-state index contributed by atoms with van der Waals surface area (Å²) in [5.74, 6) is -0.407. The highest BCUT2D eigenvalue weighted by atomic mass is 35.5. The highest BCUT2D eigenvalue weighted by molar-refractivity contribution is 6.35. The van der Waals surface area contributed by atoms with Crippen LogP contribution in [-0.2, 0) is 9.59 Å². The number of anilines is 2. The Morgan fingerprint density at radius 2 is 1.73 bits per heavy atom. The molecular weight excluding hydrogens is 434 g/mol. The predicted molar refractivity (Wildman–Crippen MR) is 135 cm³/mol. The van der Waals surface area contributed by atoms with Crippen molar-refractivity contribution in [3.8, 4) is 16.9 Å². The van der Waals surface area contributed by atoms with Crippen LogP contribution in [0.15, 0.2) is 72.8 Å². The summed E-state index contributed by atoms with van der Waals surface area (Å²) < 4.78 is 0. The van der Waals surface area contributed by atoms with Crippen molar-refractivity contribution in [2.75, 3.05) is 4.90 Å². The van der Waals surface area contributed by atoms with Crippen molar-refractivity contribution in [1.29, 1.82) is 0 Å². The number of amides is 1. The molecule has 1 amide bonds. The predicted octanol–water partition coefficient (Wildman–Crippen LogP) is 7.16. The third-order valence-corrected chi connectivity index (χ3v) is 6.11. The summed E-state index contributed by atoms with van der Waals surface area (Å²) in [6, 6.07) is 22.1. The average Bonchev–Trinajstić information content (AvgIpc) is 2.80. The summed E-state index contributed by atoms with van der Waals surface area (Å²) in [5, 5.41) is 12.6. The summed E-state index contributed by atoms with van der Waals surface area (Å²) >= 11 is 6.61. The van der Waals surface area contributed by atoms with E-state index in [2.05, 4.69) is 0 Å². The second kappa shape index (κ2) is 9.08. The van der Waals surface area contributed by atoms with Crippen LogP contribution in [0.5, 0.6) is 5.75 Å². The molecule has 4 aromatic rings. The van der Waals surface area contributed by atoms with Crippen LogP contribution in [-0.4, -0.2) is 17.3 Å². The van der Waals surface area contributed by atoms with Crippen LogP contribution in [0.2, 0.25) is 5.02 Å². The molecule has 0 heterocycles. The van der Waals surface area contributed by atoms with Gasteiger partial charge in [0.2, 0.25) is 6.29 Å². The van der Waals surface area contributed by atoms with E-state index in [0.29, 0.717) is 28.2 Å². The van der Waals surface area contributed by atoms with E-state index >= 15 is 0 Å². The molecule has 5 heteroatoms. The Morgan fingerprint density at radius 3 is 2.45 bits per heavy atom. The standard InChI is InChI=1S/C28H24ClNO3/c1-17(2)22-10-6-7-18(3)28(22)30(27(33)16-31)20-11-12-26(29)25(14-20)24-15-21(32)13-19-8-4-5-9-23(19)24/h4-17,32H,1-3H3. The number of rotatable bonds is 5. The maximum absolute atomic E-state index is 12.9. The van der Waals surface area contributed by atoms with Crippen LogP contribution < -0.4 is 4.90 Å². The van der Waals surface area contributed by atoms with Crippen LogP contribution in [0, 0.1) is 6.92 Å². The summed E-state index contributed by atoms with van der Waals surface area (Å²) in [4.78, 5) is 26.0. The van der Waals surface area contributed by atoms with E-state index in [1.54, 1.807) is 30.3 Å². The van der Waals surface area contributed by atoms with Crippen molar-refractivity contribution >= 4 is 45.9 Å². The lowest BCUT2D eigenvalue weighted by Crippen LogP contribution is -2.28. The first-order valence-electron chi connectivity index (χ1n) is 10.7.